The molecule has 0 amide bonds. The molecule has 0 fully saturated rings. The van der Waals surface area contributed by atoms with E-state index in [0.29, 0.717) is 15.8 Å². The summed E-state index contributed by atoms with van der Waals surface area (Å²) in [4.78, 5) is 0. The lowest BCUT2D eigenvalue weighted by Gasteiger charge is -2.17. The Bertz CT molecular complexity index is 638. The molecule has 0 aliphatic rings. The van der Waals surface area contributed by atoms with E-state index in [1.165, 1.54) is 5.56 Å². The topological polar surface area (TPSA) is 9.23 Å². The summed E-state index contributed by atoms with van der Waals surface area (Å²) in [7, 11) is 1.56. The molecule has 0 bridgehead atoms. The van der Waals surface area contributed by atoms with Crippen molar-refractivity contribution in [2.24, 2.45) is 0 Å². The normalized spacial score (nSPS) is 12.3. The molecule has 0 heterocycles. The fraction of sp³-hybridized carbons (Fsp3) is 0.250. The van der Waals surface area contributed by atoms with Crippen LogP contribution in [0.1, 0.15) is 27.6 Å². The molecule has 2 rings (SSSR count). The number of methoxy groups -OCH3 is 1. The number of aryl methyl sites for hydroxylation is 1. The van der Waals surface area contributed by atoms with Crippen LogP contribution >= 0.6 is 34.8 Å². The van der Waals surface area contributed by atoms with Gasteiger partial charge in [-0.3, -0.25) is 0 Å². The average molecular weight is 330 g/mol. The Balaban J connectivity index is 2.51. The van der Waals surface area contributed by atoms with Crippen molar-refractivity contribution in [3.63, 3.8) is 0 Å². The van der Waals surface area contributed by atoms with Gasteiger partial charge < -0.3 is 4.74 Å². The highest BCUT2D eigenvalue weighted by atomic mass is 35.5. The first kappa shape index (κ1) is 15.5. The molecule has 1 atom stereocenters. The second-order valence-corrected chi connectivity index (χ2v) is 5.91. The van der Waals surface area contributed by atoms with E-state index >= 15 is 0 Å². The van der Waals surface area contributed by atoms with E-state index in [9.17, 15) is 0 Å². The summed E-state index contributed by atoms with van der Waals surface area (Å²) in [5.41, 5.74) is 4.18. The van der Waals surface area contributed by atoms with Crippen LogP contribution in [0.4, 0.5) is 0 Å². The largest absolute Gasteiger partial charge is 0.495 e. The average Bonchev–Trinajstić information content (AvgIpc) is 2.43. The first-order chi connectivity index (χ1) is 9.45. The van der Waals surface area contributed by atoms with Gasteiger partial charge in [-0.1, -0.05) is 41.4 Å². The van der Waals surface area contributed by atoms with Crippen molar-refractivity contribution >= 4 is 34.8 Å². The van der Waals surface area contributed by atoms with Gasteiger partial charge in [0, 0.05) is 11.1 Å². The van der Waals surface area contributed by atoms with Crippen LogP contribution in [0.3, 0.4) is 0 Å². The van der Waals surface area contributed by atoms with Crippen molar-refractivity contribution in [1.82, 2.24) is 0 Å². The van der Waals surface area contributed by atoms with E-state index in [2.05, 4.69) is 19.9 Å². The monoisotopic (exact) mass is 328 g/mol. The van der Waals surface area contributed by atoms with Gasteiger partial charge in [0.05, 0.1) is 17.5 Å². The molecule has 0 spiro atoms. The van der Waals surface area contributed by atoms with Gasteiger partial charge in [-0.25, -0.2) is 0 Å². The van der Waals surface area contributed by atoms with E-state index in [1.807, 2.05) is 12.1 Å². The number of hydrogen-bond acceptors (Lipinski definition) is 1. The first-order valence-corrected chi connectivity index (χ1v) is 7.38. The minimum Gasteiger partial charge on any atom is -0.495 e. The molecular formula is C16H15Cl3O. The summed E-state index contributed by atoms with van der Waals surface area (Å²) < 4.78 is 5.15. The van der Waals surface area contributed by atoms with Crippen molar-refractivity contribution in [3.05, 3.63) is 62.6 Å². The van der Waals surface area contributed by atoms with E-state index in [-0.39, 0.29) is 5.38 Å². The van der Waals surface area contributed by atoms with Crippen molar-refractivity contribution in [3.8, 4) is 5.75 Å². The van der Waals surface area contributed by atoms with E-state index < -0.39 is 0 Å². The van der Waals surface area contributed by atoms with Crippen LogP contribution in [-0.4, -0.2) is 7.11 Å². The second-order valence-electron chi connectivity index (χ2n) is 4.66. The van der Waals surface area contributed by atoms with Gasteiger partial charge in [-0.15, -0.1) is 11.6 Å². The predicted molar refractivity (Wildman–Crippen MR) is 86.6 cm³/mol. The number of halogens is 3. The molecule has 2 aromatic rings. The summed E-state index contributed by atoms with van der Waals surface area (Å²) in [5.74, 6) is 0.547. The van der Waals surface area contributed by atoms with Crippen LogP contribution in [0, 0.1) is 13.8 Å². The lowest BCUT2D eigenvalue weighted by atomic mass is 9.97. The third-order valence-electron chi connectivity index (χ3n) is 3.46. The van der Waals surface area contributed by atoms with Crippen LogP contribution in [0.2, 0.25) is 10.0 Å². The quantitative estimate of drug-likeness (QED) is 0.632. The first-order valence-electron chi connectivity index (χ1n) is 6.18. The SMILES string of the molecule is COc1cc(Cl)c(C(Cl)c2cccc(C)c2C)cc1Cl. The molecule has 20 heavy (non-hydrogen) atoms. The lowest BCUT2D eigenvalue weighted by molar-refractivity contribution is 0.415. The number of benzene rings is 2. The summed E-state index contributed by atoms with van der Waals surface area (Å²) in [6.45, 7) is 4.12. The highest BCUT2D eigenvalue weighted by molar-refractivity contribution is 6.36. The molecule has 4 heteroatoms. The maximum Gasteiger partial charge on any atom is 0.138 e. The molecule has 106 valence electrons. The molecule has 0 N–H and O–H groups in total. The van der Waals surface area contributed by atoms with Gasteiger partial charge in [0.1, 0.15) is 5.75 Å². The Morgan fingerprint density at radius 1 is 1.00 bits per heavy atom. The lowest BCUT2D eigenvalue weighted by Crippen LogP contribution is -1.99. The summed E-state index contributed by atoms with van der Waals surface area (Å²) in [6, 6.07) is 9.52. The van der Waals surface area contributed by atoms with Crippen molar-refractivity contribution in [1.29, 1.82) is 0 Å². The number of rotatable bonds is 3. The van der Waals surface area contributed by atoms with Gasteiger partial charge >= 0.3 is 0 Å². The van der Waals surface area contributed by atoms with Gasteiger partial charge in [0.25, 0.3) is 0 Å². The summed E-state index contributed by atoms with van der Waals surface area (Å²) >= 11 is 19.1. The molecule has 0 saturated carbocycles. The second kappa shape index (κ2) is 6.26. The molecule has 0 aliphatic heterocycles. The highest BCUT2D eigenvalue weighted by Crippen LogP contribution is 2.40. The van der Waals surface area contributed by atoms with Gasteiger partial charge in [-0.2, -0.15) is 0 Å². The Labute approximate surface area is 134 Å². The van der Waals surface area contributed by atoms with Crippen LogP contribution in [0.25, 0.3) is 0 Å². The van der Waals surface area contributed by atoms with E-state index in [4.69, 9.17) is 39.5 Å². The van der Waals surface area contributed by atoms with Crippen LogP contribution < -0.4 is 4.74 Å². The zero-order valence-corrected chi connectivity index (χ0v) is 13.8. The van der Waals surface area contributed by atoms with Gasteiger partial charge in [-0.05, 0) is 42.2 Å². The van der Waals surface area contributed by atoms with Crippen molar-refractivity contribution in [2.45, 2.75) is 19.2 Å². The third kappa shape index (κ3) is 2.90. The fourth-order valence-corrected chi connectivity index (χ4v) is 3.10. The Hall–Kier alpha value is -0.890. The molecule has 0 aliphatic carbocycles. The minimum absolute atomic E-state index is 0.342. The molecule has 0 aromatic heterocycles. The highest BCUT2D eigenvalue weighted by Gasteiger charge is 2.19. The maximum atomic E-state index is 6.60. The zero-order valence-electron chi connectivity index (χ0n) is 11.5. The maximum absolute atomic E-state index is 6.60. The Morgan fingerprint density at radius 3 is 2.35 bits per heavy atom. The molecule has 0 saturated heterocycles. The van der Waals surface area contributed by atoms with Gasteiger partial charge in [0.15, 0.2) is 0 Å². The zero-order chi connectivity index (χ0) is 14.9. The molecule has 0 radical (unpaired) electrons. The molecular weight excluding hydrogens is 315 g/mol. The van der Waals surface area contributed by atoms with Crippen molar-refractivity contribution < 1.29 is 4.74 Å². The molecule has 1 unspecified atom stereocenters. The molecule has 1 nitrogen and oxygen atoms in total. The van der Waals surface area contributed by atoms with Crippen LogP contribution in [0.15, 0.2) is 30.3 Å². The summed E-state index contributed by atoms with van der Waals surface area (Å²) in [5, 5.41) is 0.709. The molecule has 2 aromatic carbocycles. The van der Waals surface area contributed by atoms with E-state index in [1.54, 1.807) is 19.2 Å². The van der Waals surface area contributed by atoms with Gasteiger partial charge in [0.2, 0.25) is 0 Å². The minimum atomic E-state index is -0.342. The Morgan fingerprint density at radius 2 is 1.70 bits per heavy atom. The number of hydrogen-bond donors (Lipinski definition) is 0. The fourth-order valence-electron chi connectivity index (χ4n) is 2.11. The standard InChI is InChI=1S/C16H15Cl3O/c1-9-5-4-6-11(10(9)2)16(19)12-7-14(18)15(20-3)8-13(12)17/h4-8,16H,1-3H3. The summed E-state index contributed by atoms with van der Waals surface area (Å²) in [6.07, 6.45) is 0. The van der Waals surface area contributed by atoms with Crippen molar-refractivity contribution in [2.75, 3.05) is 7.11 Å². The number of alkyl halides is 1. The van der Waals surface area contributed by atoms with Crippen LogP contribution in [0.5, 0.6) is 5.75 Å². The predicted octanol–water partition coefficient (Wildman–Crippen LogP) is 5.95. The number of ether oxygens (including phenoxy) is 1. The Kier molecular flexibility index (Phi) is 4.85. The van der Waals surface area contributed by atoms with Crippen LogP contribution in [-0.2, 0) is 0 Å². The third-order valence-corrected chi connectivity index (χ3v) is 4.56. The van der Waals surface area contributed by atoms with E-state index in [0.717, 1.165) is 16.7 Å². The smallest absolute Gasteiger partial charge is 0.138 e.